The minimum Gasteiger partial charge on any atom is -0.373 e. The number of hydrogen-bond donors (Lipinski definition) is 1. The first-order chi connectivity index (χ1) is 11.5. The summed E-state index contributed by atoms with van der Waals surface area (Å²) in [4.78, 5) is 8.56. The molecule has 1 N–H and O–H groups in total. The Morgan fingerprint density at radius 1 is 1.17 bits per heavy atom. The molecule has 0 aliphatic rings. The average Bonchev–Trinajstić information content (AvgIpc) is 3.04. The lowest BCUT2D eigenvalue weighted by molar-refractivity contribution is 0.0226. The van der Waals surface area contributed by atoms with Gasteiger partial charge >= 0.3 is 0 Å². The van der Waals surface area contributed by atoms with Crippen LogP contribution in [0, 0.1) is 0 Å². The Kier molecular flexibility index (Phi) is 4.24. The summed E-state index contributed by atoms with van der Waals surface area (Å²) in [5.74, 6) is -1.36. The Hall–Kier alpha value is -2.83. The number of anilines is 1. The molecular formula is C17H16F2N4O. The second kappa shape index (κ2) is 6.35. The van der Waals surface area contributed by atoms with E-state index in [2.05, 4.69) is 20.4 Å². The van der Waals surface area contributed by atoms with Gasteiger partial charge in [-0.05, 0) is 36.8 Å². The van der Waals surface area contributed by atoms with Crippen molar-refractivity contribution in [1.82, 2.24) is 15.1 Å². The summed E-state index contributed by atoms with van der Waals surface area (Å²) in [6.45, 7) is 0.901. The number of nitrogens with zero attached hydrogens (tertiary/aromatic N) is 3. The van der Waals surface area contributed by atoms with Gasteiger partial charge in [0.25, 0.3) is 5.89 Å². The molecular weight excluding hydrogens is 314 g/mol. The molecule has 1 aromatic carbocycles. The predicted molar refractivity (Wildman–Crippen MR) is 86.8 cm³/mol. The Balaban J connectivity index is 1.85. The summed E-state index contributed by atoms with van der Waals surface area (Å²) in [7, 11) is 1.76. The largest absolute Gasteiger partial charge is 0.373 e. The fourth-order valence-electron chi connectivity index (χ4n) is 2.36. The number of nitrogens with one attached hydrogen (secondary N) is 1. The summed E-state index contributed by atoms with van der Waals surface area (Å²) < 4.78 is 31.4. The van der Waals surface area contributed by atoms with E-state index in [4.69, 9.17) is 4.52 Å². The number of alkyl halides is 2. The number of aromatic nitrogens is 3. The van der Waals surface area contributed by atoms with Crippen molar-refractivity contribution in [3.8, 4) is 22.8 Å². The van der Waals surface area contributed by atoms with Gasteiger partial charge in [-0.15, -0.1) is 0 Å². The molecule has 124 valence electrons. The van der Waals surface area contributed by atoms with E-state index >= 15 is 0 Å². The topological polar surface area (TPSA) is 63.8 Å². The van der Waals surface area contributed by atoms with Gasteiger partial charge in [0.05, 0.1) is 5.56 Å². The van der Waals surface area contributed by atoms with Crippen LogP contribution in [0.2, 0.25) is 0 Å². The first-order valence-corrected chi connectivity index (χ1v) is 7.40. The fourth-order valence-corrected chi connectivity index (χ4v) is 2.36. The maximum Gasteiger partial charge on any atom is 0.258 e. The van der Waals surface area contributed by atoms with Crippen LogP contribution in [0.3, 0.4) is 0 Å². The summed E-state index contributed by atoms with van der Waals surface area (Å²) >= 11 is 0. The molecule has 0 saturated carbocycles. The van der Waals surface area contributed by atoms with Crippen molar-refractivity contribution in [3.63, 3.8) is 0 Å². The molecule has 0 aliphatic carbocycles. The number of hydrogen-bond acceptors (Lipinski definition) is 5. The van der Waals surface area contributed by atoms with E-state index in [0.717, 1.165) is 12.5 Å². The van der Waals surface area contributed by atoms with Gasteiger partial charge in [-0.25, -0.2) is 13.8 Å². The zero-order chi connectivity index (χ0) is 17.2. The number of halogens is 2. The molecule has 0 spiro atoms. The predicted octanol–water partition coefficient (Wildman–Crippen LogP) is 4.04. The summed E-state index contributed by atoms with van der Waals surface area (Å²) in [5, 5.41) is 6.94. The van der Waals surface area contributed by atoms with Crippen molar-refractivity contribution in [3.05, 3.63) is 48.2 Å². The lowest BCUT2D eigenvalue weighted by Crippen LogP contribution is -2.13. The van der Waals surface area contributed by atoms with Gasteiger partial charge in [0.15, 0.2) is 0 Å². The highest BCUT2D eigenvalue weighted by molar-refractivity contribution is 5.70. The van der Waals surface area contributed by atoms with E-state index in [-0.39, 0.29) is 6.42 Å². The zero-order valence-corrected chi connectivity index (χ0v) is 13.3. The monoisotopic (exact) mass is 330 g/mol. The van der Waals surface area contributed by atoms with E-state index in [0.29, 0.717) is 28.7 Å². The third kappa shape index (κ3) is 3.56. The average molecular weight is 330 g/mol. The fraction of sp³-hybridized carbons (Fsp3) is 0.235. The highest BCUT2D eigenvalue weighted by atomic mass is 19.3. The third-order valence-electron chi connectivity index (χ3n) is 3.43. The minimum absolute atomic E-state index is 0.302. The molecule has 24 heavy (non-hydrogen) atoms. The lowest BCUT2D eigenvalue weighted by Gasteiger charge is -2.09. The summed E-state index contributed by atoms with van der Waals surface area (Å²) in [6.07, 6.45) is 1.36. The first-order valence-electron chi connectivity index (χ1n) is 7.40. The second-order valence-electron chi connectivity index (χ2n) is 5.52. The number of benzene rings is 1. The van der Waals surface area contributed by atoms with Crippen LogP contribution in [0.4, 0.5) is 14.6 Å². The summed E-state index contributed by atoms with van der Waals surface area (Å²) in [6, 6.07) is 10.3. The molecule has 2 heterocycles. The Morgan fingerprint density at radius 3 is 2.58 bits per heavy atom. The SMILES string of the molecule is CNc1ncccc1-c1noc(-c2ccc(CC(C)(F)F)cc2)n1. The van der Waals surface area contributed by atoms with Crippen molar-refractivity contribution >= 4 is 5.82 Å². The van der Waals surface area contributed by atoms with E-state index in [1.165, 1.54) is 0 Å². The van der Waals surface area contributed by atoms with Gasteiger partial charge in [0.1, 0.15) is 5.82 Å². The van der Waals surface area contributed by atoms with Crippen LogP contribution in [-0.2, 0) is 6.42 Å². The van der Waals surface area contributed by atoms with Gasteiger partial charge in [0.2, 0.25) is 11.7 Å². The molecule has 0 aliphatic heterocycles. The van der Waals surface area contributed by atoms with Gasteiger partial charge < -0.3 is 9.84 Å². The molecule has 3 rings (SSSR count). The van der Waals surface area contributed by atoms with E-state index in [9.17, 15) is 8.78 Å². The molecule has 0 amide bonds. The molecule has 0 bridgehead atoms. The van der Waals surface area contributed by atoms with Crippen LogP contribution in [0.5, 0.6) is 0 Å². The first kappa shape index (κ1) is 16.0. The Labute approximate surface area is 137 Å². The standard InChI is InChI=1S/C17H16F2N4O/c1-17(18,19)10-11-5-7-12(8-6-11)16-22-15(23-24-16)13-4-3-9-21-14(13)20-2/h3-9H,10H2,1-2H3,(H,20,21). The van der Waals surface area contributed by atoms with Crippen molar-refractivity contribution < 1.29 is 13.3 Å². The van der Waals surface area contributed by atoms with Gasteiger partial charge in [-0.2, -0.15) is 4.98 Å². The smallest absolute Gasteiger partial charge is 0.258 e. The van der Waals surface area contributed by atoms with Crippen molar-refractivity contribution in [2.75, 3.05) is 12.4 Å². The third-order valence-corrected chi connectivity index (χ3v) is 3.43. The van der Waals surface area contributed by atoms with E-state index in [1.807, 2.05) is 6.07 Å². The lowest BCUT2D eigenvalue weighted by atomic mass is 10.1. The second-order valence-corrected chi connectivity index (χ2v) is 5.52. The molecule has 0 saturated heterocycles. The molecule has 0 unspecified atom stereocenters. The van der Waals surface area contributed by atoms with Crippen LogP contribution >= 0.6 is 0 Å². The van der Waals surface area contributed by atoms with Gasteiger partial charge in [-0.3, -0.25) is 0 Å². The van der Waals surface area contributed by atoms with Crippen molar-refractivity contribution in [2.24, 2.45) is 0 Å². The van der Waals surface area contributed by atoms with Gasteiger partial charge in [0, 0.05) is 25.2 Å². The summed E-state index contributed by atoms with van der Waals surface area (Å²) in [5.41, 5.74) is 1.94. The normalized spacial score (nSPS) is 11.5. The van der Waals surface area contributed by atoms with Crippen LogP contribution in [0.15, 0.2) is 47.1 Å². The Bertz CT molecular complexity index is 825. The molecule has 0 fully saturated rings. The molecule has 0 radical (unpaired) electrons. The van der Waals surface area contributed by atoms with Crippen LogP contribution in [0.25, 0.3) is 22.8 Å². The van der Waals surface area contributed by atoms with Gasteiger partial charge in [-0.1, -0.05) is 17.3 Å². The van der Waals surface area contributed by atoms with Crippen LogP contribution in [0.1, 0.15) is 12.5 Å². The maximum atomic E-state index is 13.0. The molecule has 3 aromatic rings. The minimum atomic E-state index is -2.73. The highest BCUT2D eigenvalue weighted by Gasteiger charge is 2.21. The van der Waals surface area contributed by atoms with E-state index in [1.54, 1.807) is 43.6 Å². The van der Waals surface area contributed by atoms with Crippen molar-refractivity contribution in [2.45, 2.75) is 19.3 Å². The number of pyridine rings is 1. The van der Waals surface area contributed by atoms with Crippen LogP contribution < -0.4 is 5.32 Å². The van der Waals surface area contributed by atoms with E-state index < -0.39 is 5.92 Å². The highest BCUT2D eigenvalue weighted by Crippen LogP contribution is 2.27. The number of rotatable bonds is 5. The quantitative estimate of drug-likeness (QED) is 0.765. The molecule has 0 atom stereocenters. The zero-order valence-electron chi connectivity index (χ0n) is 13.3. The van der Waals surface area contributed by atoms with Crippen molar-refractivity contribution in [1.29, 1.82) is 0 Å². The maximum absolute atomic E-state index is 13.0. The van der Waals surface area contributed by atoms with Crippen LogP contribution in [-0.4, -0.2) is 28.1 Å². The molecule has 7 heteroatoms. The molecule has 2 aromatic heterocycles. The molecule has 5 nitrogen and oxygen atoms in total. The Morgan fingerprint density at radius 2 is 1.92 bits per heavy atom.